The van der Waals surface area contributed by atoms with E-state index in [0.29, 0.717) is 12.1 Å². The van der Waals surface area contributed by atoms with E-state index in [-0.39, 0.29) is 29.5 Å². The highest BCUT2D eigenvalue weighted by Gasteiger charge is 2.85. The molecule has 0 N–H and O–H groups in total. The molecular formula is C24H17ClF16N2O5. The molecule has 0 radical (unpaired) electrons. The van der Waals surface area contributed by atoms with Gasteiger partial charge in [-0.2, -0.15) is 70.2 Å². The number of halogens is 17. The maximum atomic E-state index is 14.0. The number of ether oxygens (including phenoxy) is 4. The number of benzene rings is 1. The standard InChI is InChI=1S/C24H17ClF16N2O5/c1-10(2)7-14(25)16(44)45-13-8-42-15(43-9-13)11-3-5-12(6-4-11)46-17(26)18(27,28)47-23(38,39)24(40,41)48-22(36,37)20(31,32)19(29,30)21(33,34)35/h3-6,8-10,14,17H,7H2,1-2H3/t14-,17?/m0/s1. The van der Waals surface area contributed by atoms with E-state index in [1.807, 2.05) is 0 Å². The topological polar surface area (TPSA) is 79.8 Å². The predicted octanol–water partition coefficient (Wildman–Crippen LogP) is 8.61. The molecule has 0 amide bonds. The minimum absolute atomic E-state index is 0.0193. The summed E-state index contributed by atoms with van der Waals surface area (Å²) in [7, 11) is 0. The van der Waals surface area contributed by atoms with E-state index in [9.17, 15) is 75.0 Å². The first-order valence-corrected chi connectivity index (χ1v) is 12.7. The minimum atomic E-state index is -8.03. The van der Waals surface area contributed by atoms with Gasteiger partial charge in [-0.05, 0) is 36.6 Å². The fourth-order valence-electron chi connectivity index (χ4n) is 3.00. The van der Waals surface area contributed by atoms with Crippen LogP contribution in [0.1, 0.15) is 20.3 Å². The Balaban J connectivity index is 2.12. The molecule has 0 saturated carbocycles. The van der Waals surface area contributed by atoms with E-state index in [1.165, 1.54) is 4.74 Å². The fourth-order valence-corrected chi connectivity index (χ4v) is 3.40. The molecule has 1 aromatic heterocycles. The summed E-state index contributed by atoms with van der Waals surface area (Å²) in [6.45, 7) is 3.60. The summed E-state index contributed by atoms with van der Waals surface area (Å²) in [5, 5.41) is -0.990. The lowest BCUT2D eigenvalue weighted by molar-refractivity contribution is -0.547. The van der Waals surface area contributed by atoms with Gasteiger partial charge in [-0.15, -0.1) is 11.6 Å². The smallest absolute Gasteiger partial charge is 0.452 e. The average molecular weight is 753 g/mol. The molecule has 0 fully saturated rings. The van der Waals surface area contributed by atoms with E-state index in [4.69, 9.17) is 16.3 Å². The predicted molar refractivity (Wildman–Crippen MR) is 126 cm³/mol. The molecule has 0 aliphatic carbocycles. The van der Waals surface area contributed by atoms with Crippen molar-refractivity contribution in [3.05, 3.63) is 36.7 Å². The summed E-state index contributed by atoms with van der Waals surface area (Å²) in [4.78, 5) is 19.6. The molecule has 0 bridgehead atoms. The Bertz CT molecular complexity index is 1390. The van der Waals surface area contributed by atoms with Crippen LogP contribution in [0.15, 0.2) is 36.7 Å². The summed E-state index contributed by atoms with van der Waals surface area (Å²) in [6, 6.07) is 3.13. The number of hydrogen-bond donors (Lipinski definition) is 0. The number of esters is 1. The van der Waals surface area contributed by atoms with Gasteiger partial charge in [0.25, 0.3) is 0 Å². The van der Waals surface area contributed by atoms with Gasteiger partial charge in [0.05, 0.1) is 12.4 Å². The quantitative estimate of drug-likeness (QED) is 0.102. The van der Waals surface area contributed by atoms with Crippen molar-refractivity contribution in [3.8, 4) is 22.9 Å². The SMILES string of the molecule is CC(C)C[C@H](Cl)C(=O)Oc1cnc(-c2ccc(OC(F)C(F)(F)OC(F)(F)C(F)(F)OC(F)(F)C(F)(F)C(F)(F)C(F)(F)F)cc2)nc1. The van der Waals surface area contributed by atoms with Crippen LogP contribution in [0.4, 0.5) is 70.2 Å². The Morgan fingerprint density at radius 3 is 1.67 bits per heavy atom. The van der Waals surface area contributed by atoms with Gasteiger partial charge in [-0.1, -0.05) is 13.8 Å². The van der Waals surface area contributed by atoms with Crippen LogP contribution in [-0.2, 0) is 14.3 Å². The lowest BCUT2D eigenvalue weighted by atomic mass is 10.1. The van der Waals surface area contributed by atoms with Crippen LogP contribution in [0.2, 0.25) is 0 Å². The fraction of sp³-hybridized carbons (Fsp3) is 0.542. The number of alkyl halides is 17. The summed E-state index contributed by atoms with van der Waals surface area (Å²) in [5.41, 5.74) is 0.0193. The number of aromatic nitrogens is 2. The Hall–Kier alpha value is -3.34. The Morgan fingerprint density at radius 2 is 1.21 bits per heavy atom. The molecule has 2 atom stereocenters. The van der Waals surface area contributed by atoms with Crippen molar-refractivity contribution < 1.29 is 94.0 Å². The first kappa shape index (κ1) is 40.8. The zero-order chi connectivity index (χ0) is 37.3. The van der Waals surface area contributed by atoms with Crippen LogP contribution in [0.5, 0.6) is 11.5 Å². The Kier molecular flexibility index (Phi) is 11.8. The highest BCUT2D eigenvalue weighted by atomic mass is 35.5. The van der Waals surface area contributed by atoms with Crippen LogP contribution in [0.3, 0.4) is 0 Å². The maximum absolute atomic E-state index is 14.0. The van der Waals surface area contributed by atoms with Gasteiger partial charge in [0.2, 0.25) is 0 Å². The molecule has 0 saturated heterocycles. The molecule has 7 nitrogen and oxygen atoms in total. The zero-order valence-corrected chi connectivity index (χ0v) is 24.0. The van der Waals surface area contributed by atoms with E-state index >= 15 is 0 Å². The number of nitrogens with zero attached hydrogens (tertiary/aromatic N) is 2. The molecule has 1 aromatic carbocycles. The van der Waals surface area contributed by atoms with Gasteiger partial charge in [-0.25, -0.2) is 19.4 Å². The van der Waals surface area contributed by atoms with Gasteiger partial charge < -0.3 is 9.47 Å². The third kappa shape index (κ3) is 9.01. The molecule has 272 valence electrons. The second-order valence-corrected chi connectivity index (χ2v) is 10.2. The van der Waals surface area contributed by atoms with Crippen molar-refractivity contribution in [3.63, 3.8) is 0 Å². The van der Waals surface area contributed by atoms with E-state index in [0.717, 1.165) is 24.5 Å². The molecule has 24 heteroatoms. The minimum Gasteiger partial charge on any atom is -0.452 e. The molecular weight excluding hydrogens is 736 g/mol. The number of rotatable bonds is 15. The highest BCUT2D eigenvalue weighted by molar-refractivity contribution is 6.30. The number of carbonyl (C=O) groups excluding carboxylic acids is 1. The van der Waals surface area contributed by atoms with Crippen molar-refractivity contribution in [1.82, 2.24) is 9.97 Å². The van der Waals surface area contributed by atoms with Crippen LogP contribution in [0, 0.1) is 5.92 Å². The number of hydrogen-bond acceptors (Lipinski definition) is 7. The first-order valence-electron chi connectivity index (χ1n) is 12.3. The third-order valence-corrected chi connectivity index (χ3v) is 5.73. The summed E-state index contributed by atoms with van der Waals surface area (Å²) in [6.07, 6.45) is -38.8. The molecule has 1 unspecified atom stereocenters. The molecule has 1 heterocycles. The highest BCUT2D eigenvalue weighted by Crippen LogP contribution is 2.56. The lowest BCUT2D eigenvalue weighted by Gasteiger charge is -2.36. The molecule has 0 spiro atoms. The molecule has 0 aliphatic heterocycles. The van der Waals surface area contributed by atoms with Gasteiger partial charge in [0, 0.05) is 5.56 Å². The van der Waals surface area contributed by atoms with E-state index in [1.54, 1.807) is 13.8 Å². The molecule has 0 aliphatic rings. The monoisotopic (exact) mass is 752 g/mol. The average Bonchev–Trinajstić information content (AvgIpc) is 2.91. The van der Waals surface area contributed by atoms with E-state index in [2.05, 4.69) is 19.4 Å². The van der Waals surface area contributed by atoms with Gasteiger partial charge in [0.1, 0.15) is 11.1 Å². The van der Waals surface area contributed by atoms with Crippen LogP contribution < -0.4 is 9.47 Å². The van der Waals surface area contributed by atoms with Crippen LogP contribution >= 0.6 is 11.6 Å². The second-order valence-electron chi connectivity index (χ2n) is 9.68. The maximum Gasteiger partial charge on any atom is 0.460 e. The van der Waals surface area contributed by atoms with Crippen molar-refractivity contribution in [2.24, 2.45) is 5.92 Å². The summed E-state index contributed by atoms with van der Waals surface area (Å²) >= 11 is 5.91. The van der Waals surface area contributed by atoms with Gasteiger partial charge in [-0.3, -0.25) is 4.79 Å². The van der Waals surface area contributed by atoms with Gasteiger partial charge >= 0.3 is 54.8 Å². The molecule has 2 aromatic rings. The van der Waals surface area contributed by atoms with Crippen molar-refractivity contribution in [2.75, 3.05) is 0 Å². The van der Waals surface area contributed by atoms with Crippen LogP contribution in [-0.4, -0.2) is 70.1 Å². The third-order valence-electron chi connectivity index (χ3n) is 5.37. The number of carbonyl (C=O) groups is 1. The van der Waals surface area contributed by atoms with Gasteiger partial charge in [0.15, 0.2) is 11.6 Å². The molecule has 48 heavy (non-hydrogen) atoms. The normalized spacial score (nSPS) is 15.3. The van der Waals surface area contributed by atoms with Crippen molar-refractivity contribution in [1.29, 1.82) is 0 Å². The van der Waals surface area contributed by atoms with Crippen LogP contribution in [0.25, 0.3) is 11.4 Å². The second kappa shape index (κ2) is 13.9. The summed E-state index contributed by atoms with van der Waals surface area (Å²) < 4.78 is 223. The Labute approximate surface area is 262 Å². The van der Waals surface area contributed by atoms with Crippen molar-refractivity contribution in [2.45, 2.75) is 74.5 Å². The summed E-state index contributed by atoms with van der Waals surface area (Å²) in [5.74, 6) is -18.0. The molecule has 2 rings (SSSR count). The first-order chi connectivity index (χ1) is 21.5. The lowest BCUT2D eigenvalue weighted by Crippen LogP contribution is -2.64. The largest absolute Gasteiger partial charge is 0.460 e. The zero-order valence-electron chi connectivity index (χ0n) is 23.3. The van der Waals surface area contributed by atoms with E-state index < -0.39 is 65.9 Å². The van der Waals surface area contributed by atoms with Crippen molar-refractivity contribution >= 4 is 17.6 Å². The Morgan fingerprint density at radius 1 is 0.729 bits per heavy atom.